The molecule has 0 aliphatic carbocycles. The molecule has 2 N–H and O–H groups in total. The van der Waals surface area contributed by atoms with Crippen LogP contribution in [0.3, 0.4) is 0 Å². The smallest absolute Gasteiger partial charge is 0.221 e. The first-order chi connectivity index (χ1) is 8.58. The number of hydrogen-bond acceptors (Lipinski definition) is 3. The number of rotatable bonds is 7. The topological polar surface area (TPSA) is 44.4 Å². The van der Waals surface area contributed by atoms with Crippen LogP contribution in [0.1, 0.15) is 33.1 Å². The van der Waals surface area contributed by atoms with Crippen molar-refractivity contribution < 1.29 is 4.79 Å². The van der Waals surface area contributed by atoms with E-state index >= 15 is 0 Å². The SMILES string of the molecule is CC(C)CNC(=O)CCNCC1CCCN(C)C1. The van der Waals surface area contributed by atoms with Gasteiger partial charge in [-0.25, -0.2) is 0 Å². The lowest BCUT2D eigenvalue weighted by molar-refractivity contribution is -0.121. The molecule has 1 heterocycles. The number of likely N-dealkylation sites (tertiary alicyclic amines) is 1. The fourth-order valence-corrected chi connectivity index (χ4v) is 2.35. The number of carbonyl (C=O) groups is 1. The van der Waals surface area contributed by atoms with Gasteiger partial charge in [-0.2, -0.15) is 0 Å². The van der Waals surface area contributed by atoms with Gasteiger partial charge in [0.1, 0.15) is 0 Å². The molecule has 1 fully saturated rings. The van der Waals surface area contributed by atoms with E-state index in [1.807, 2.05) is 0 Å². The van der Waals surface area contributed by atoms with Crippen molar-refractivity contribution in [1.82, 2.24) is 15.5 Å². The molecule has 1 aliphatic rings. The molecule has 0 saturated carbocycles. The van der Waals surface area contributed by atoms with Crippen molar-refractivity contribution in [3.63, 3.8) is 0 Å². The van der Waals surface area contributed by atoms with E-state index in [2.05, 4.69) is 36.4 Å². The van der Waals surface area contributed by atoms with Gasteiger partial charge >= 0.3 is 0 Å². The third-order valence-corrected chi connectivity index (χ3v) is 3.39. The van der Waals surface area contributed by atoms with Gasteiger partial charge in [-0.15, -0.1) is 0 Å². The van der Waals surface area contributed by atoms with Gasteiger partial charge < -0.3 is 15.5 Å². The fraction of sp³-hybridized carbons (Fsp3) is 0.929. The molecule has 1 unspecified atom stereocenters. The highest BCUT2D eigenvalue weighted by Gasteiger charge is 2.16. The summed E-state index contributed by atoms with van der Waals surface area (Å²) < 4.78 is 0. The zero-order valence-electron chi connectivity index (χ0n) is 12.2. The summed E-state index contributed by atoms with van der Waals surface area (Å²) in [6, 6.07) is 0. The minimum Gasteiger partial charge on any atom is -0.356 e. The molecule has 0 aromatic rings. The molecule has 0 aromatic heterocycles. The third kappa shape index (κ3) is 6.97. The lowest BCUT2D eigenvalue weighted by Gasteiger charge is -2.29. The summed E-state index contributed by atoms with van der Waals surface area (Å²) in [6.45, 7) is 9.26. The summed E-state index contributed by atoms with van der Waals surface area (Å²) >= 11 is 0. The maximum atomic E-state index is 11.5. The zero-order chi connectivity index (χ0) is 13.4. The summed E-state index contributed by atoms with van der Waals surface area (Å²) in [4.78, 5) is 13.9. The lowest BCUT2D eigenvalue weighted by atomic mass is 9.98. The molecule has 18 heavy (non-hydrogen) atoms. The predicted octanol–water partition coefficient (Wildman–Crippen LogP) is 1.08. The largest absolute Gasteiger partial charge is 0.356 e. The highest BCUT2D eigenvalue weighted by atomic mass is 16.1. The average Bonchev–Trinajstić information content (AvgIpc) is 2.32. The van der Waals surface area contributed by atoms with Crippen molar-refractivity contribution in [3.8, 4) is 0 Å². The predicted molar refractivity (Wildman–Crippen MR) is 75.6 cm³/mol. The van der Waals surface area contributed by atoms with E-state index in [1.165, 1.54) is 25.9 Å². The molecule has 106 valence electrons. The molecule has 1 aliphatic heterocycles. The molecule has 4 heteroatoms. The molecular formula is C14H29N3O. The summed E-state index contributed by atoms with van der Waals surface area (Å²) in [5.41, 5.74) is 0. The number of carbonyl (C=O) groups excluding carboxylic acids is 1. The molecular weight excluding hydrogens is 226 g/mol. The summed E-state index contributed by atoms with van der Waals surface area (Å²) in [5.74, 6) is 1.44. The first-order valence-corrected chi connectivity index (χ1v) is 7.24. The summed E-state index contributed by atoms with van der Waals surface area (Å²) in [5, 5.41) is 6.35. The van der Waals surface area contributed by atoms with Crippen LogP contribution >= 0.6 is 0 Å². The maximum absolute atomic E-state index is 11.5. The van der Waals surface area contributed by atoms with Crippen LogP contribution in [0, 0.1) is 11.8 Å². The Hall–Kier alpha value is -0.610. The van der Waals surface area contributed by atoms with E-state index < -0.39 is 0 Å². The molecule has 1 rings (SSSR count). The first-order valence-electron chi connectivity index (χ1n) is 7.24. The lowest BCUT2D eigenvalue weighted by Crippen LogP contribution is -2.38. The van der Waals surface area contributed by atoms with E-state index in [1.54, 1.807) is 0 Å². The fourth-order valence-electron chi connectivity index (χ4n) is 2.35. The Morgan fingerprint density at radius 3 is 2.89 bits per heavy atom. The summed E-state index contributed by atoms with van der Waals surface area (Å²) in [7, 11) is 2.19. The van der Waals surface area contributed by atoms with Crippen molar-refractivity contribution >= 4 is 5.91 Å². The third-order valence-electron chi connectivity index (χ3n) is 3.39. The van der Waals surface area contributed by atoms with Crippen molar-refractivity contribution in [1.29, 1.82) is 0 Å². The Morgan fingerprint density at radius 1 is 1.44 bits per heavy atom. The number of amides is 1. The second kappa shape index (κ2) is 8.48. The van der Waals surface area contributed by atoms with Gasteiger partial charge in [-0.3, -0.25) is 4.79 Å². The maximum Gasteiger partial charge on any atom is 0.221 e. The van der Waals surface area contributed by atoms with E-state index in [0.717, 1.165) is 25.6 Å². The summed E-state index contributed by atoms with van der Waals surface area (Å²) in [6.07, 6.45) is 3.21. The minimum atomic E-state index is 0.164. The minimum absolute atomic E-state index is 0.164. The Bertz CT molecular complexity index is 243. The Balaban J connectivity index is 1.99. The number of hydrogen-bond donors (Lipinski definition) is 2. The zero-order valence-corrected chi connectivity index (χ0v) is 12.2. The first kappa shape index (κ1) is 15.4. The van der Waals surface area contributed by atoms with Crippen LogP contribution in [0.5, 0.6) is 0 Å². The van der Waals surface area contributed by atoms with Gasteiger partial charge in [-0.1, -0.05) is 13.8 Å². The van der Waals surface area contributed by atoms with Crippen molar-refractivity contribution in [3.05, 3.63) is 0 Å². The molecule has 0 bridgehead atoms. The number of piperidine rings is 1. The van der Waals surface area contributed by atoms with Crippen LogP contribution in [0.15, 0.2) is 0 Å². The Labute approximate surface area is 111 Å². The van der Waals surface area contributed by atoms with E-state index in [4.69, 9.17) is 0 Å². The second-order valence-corrected chi connectivity index (χ2v) is 5.92. The van der Waals surface area contributed by atoms with Gasteiger partial charge in [-0.05, 0) is 44.8 Å². The molecule has 1 atom stereocenters. The van der Waals surface area contributed by atoms with Crippen LogP contribution in [-0.2, 0) is 4.79 Å². The van der Waals surface area contributed by atoms with Crippen LogP contribution in [-0.4, -0.2) is 50.6 Å². The Morgan fingerprint density at radius 2 is 2.22 bits per heavy atom. The van der Waals surface area contributed by atoms with E-state index in [9.17, 15) is 4.79 Å². The second-order valence-electron chi connectivity index (χ2n) is 5.92. The van der Waals surface area contributed by atoms with Crippen LogP contribution in [0.25, 0.3) is 0 Å². The quantitative estimate of drug-likeness (QED) is 0.669. The van der Waals surface area contributed by atoms with Gasteiger partial charge in [0.25, 0.3) is 0 Å². The van der Waals surface area contributed by atoms with Gasteiger partial charge in [0.15, 0.2) is 0 Å². The molecule has 0 spiro atoms. The molecule has 1 saturated heterocycles. The van der Waals surface area contributed by atoms with E-state index in [0.29, 0.717) is 12.3 Å². The molecule has 0 radical (unpaired) electrons. The van der Waals surface area contributed by atoms with Crippen LogP contribution in [0.2, 0.25) is 0 Å². The number of nitrogens with one attached hydrogen (secondary N) is 2. The van der Waals surface area contributed by atoms with Crippen molar-refractivity contribution in [2.75, 3.05) is 39.8 Å². The average molecular weight is 255 g/mol. The number of nitrogens with zero attached hydrogens (tertiary/aromatic N) is 1. The normalized spacial score (nSPS) is 21.2. The van der Waals surface area contributed by atoms with Crippen LogP contribution < -0.4 is 10.6 Å². The van der Waals surface area contributed by atoms with E-state index in [-0.39, 0.29) is 5.91 Å². The van der Waals surface area contributed by atoms with Crippen molar-refractivity contribution in [2.24, 2.45) is 11.8 Å². The monoisotopic (exact) mass is 255 g/mol. The standard InChI is InChI=1S/C14H29N3O/c1-12(2)9-16-14(18)6-7-15-10-13-5-4-8-17(3)11-13/h12-13,15H,4-11H2,1-3H3,(H,16,18). The highest BCUT2D eigenvalue weighted by Crippen LogP contribution is 2.13. The molecule has 1 amide bonds. The van der Waals surface area contributed by atoms with Gasteiger partial charge in [0.2, 0.25) is 5.91 Å². The molecule has 4 nitrogen and oxygen atoms in total. The van der Waals surface area contributed by atoms with Gasteiger partial charge in [0, 0.05) is 26.1 Å². The van der Waals surface area contributed by atoms with Crippen LogP contribution in [0.4, 0.5) is 0 Å². The van der Waals surface area contributed by atoms with Crippen molar-refractivity contribution in [2.45, 2.75) is 33.1 Å². The van der Waals surface area contributed by atoms with Gasteiger partial charge in [0.05, 0.1) is 0 Å². The Kier molecular flexibility index (Phi) is 7.28. The highest BCUT2D eigenvalue weighted by molar-refractivity contribution is 5.76. The molecule has 0 aromatic carbocycles.